The van der Waals surface area contributed by atoms with E-state index < -0.39 is 6.61 Å². The molecule has 162 valence electrons. The van der Waals surface area contributed by atoms with Crippen LogP contribution in [0.5, 0.6) is 23.0 Å². The predicted octanol–water partition coefficient (Wildman–Crippen LogP) is 4.59. The van der Waals surface area contributed by atoms with E-state index in [1.54, 1.807) is 51.5 Å². The average molecular weight is 421 g/mol. The number of carbonyl (C=O) groups is 1. The van der Waals surface area contributed by atoms with Gasteiger partial charge in [0, 0.05) is 11.6 Å². The van der Waals surface area contributed by atoms with Crippen LogP contribution in [0.4, 0.5) is 8.78 Å². The summed E-state index contributed by atoms with van der Waals surface area (Å²) in [5.41, 5.74) is 1.37. The van der Waals surface area contributed by atoms with Gasteiger partial charge in [-0.1, -0.05) is 6.07 Å². The normalized spacial score (nSPS) is 12.0. The lowest BCUT2D eigenvalue weighted by Crippen LogP contribution is -2.25. The molecule has 0 heterocycles. The molecule has 0 aliphatic carbocycles. The minimum absolute atomic E-state index is 0.0628. The van der Waals surface area contributed by atoms with Crippen LogP contribution < -0.4 is 24.3 Å². The second-order valence-corrected chi connectivity index (χ2v) is 6.19. The SMILES string of the molecule is CCOc1cc(/C=C/C(=O)NC(C)c2cc(OC)ccc2OC)ccc1OC(F)F. The Balaban J connectivity index is 2.11. The maximum Gasteiger partial charge on any atom is 0.387 e. The lowest BCUT2D eigenvalue weighted by molar-refractivity contribution is -0.117. The molecule has 0 radical (unpaired) electrons. The molecule has 0 bridgehead atoms. The number of hydrogen-bond acceptors (Lipinski definition) is 5. The van der Waals surface area contributed by atoms with Crippen LogP contribution >= 0.6 is 0 Å². The average Bonchev–Trinajstić information content (AvgIpc) is 2.73. The van der Waals surface area contributed by atoms with Crippen molar-refractivity contribution in [2.45, 2.75) is 26.5 Å². The number of alkyl halides is 2. The number of methoxy groups -OCH3 is 2. The molecule has 0 aliphatic heterocycles. The van der Waals surface area contributed by atoms with Crippen molar-refractivity contribution in [3.63, 3.8) is 0 Å². The van der Waals surface area contributed by atoms with Gasteiger partial charge in [-0.2, -0.15) is 8.78 Å². The number of rotatable bonds is 10. The van der Waals surface area contributed by atoms with Gasteiger partial charge in [0.25, 0.3) is 0 Å². The largest absolute Gasteiger partial charge is 0.497 e. The molecule has 30 heavy (non-hydrogen) atoms. The fourth-order valence-electron chi connectivity index (χ4n) is 2.78. The molecule has 1 unspecified atom stereocenters. The molecule has 0 fully saturated rings. The number of carbonyl (C=O) groups excluding carboxylic acids is 1. The number of ether oxygens (including phenoxy) is 4. The van der Waals surface area contributed by atoms with Crippen LogP contribution in [0.2, 0.25) is 0 Å². The summed E-state index contributed by atoms with van der Waals surface area (Å²) in [4.78, 5) is 12.4. The summed E-state index contributed by atoms with van der Waals surface area (Å²) in [7, 11) is 3.11. The summed E-state index contributed by atoms with van der Waals surface area (Å²) in [5.74, 6) is 1.06. The summed E-state index contributed by atoms with van der Waals surface area (Å²) in [5, 5.41) is 2.85. The molecule has 8 heteroatoms. The first kappa shape index (κ1) is 23.0. The zero-order chi connectivity index (χ0) is 22.1. The summed E-state index contributed by atoms with van der Waals surface area (Å²) in [6, 6.07) is 9.45. The monoisotopic (exact) mass is 421 g/mol. The van der Waals surface area contributed by atoms with Crippen molar-refractivity contribution < 1.29 is 32.5 Å². The number of benzene rings is 2. The first-order valence-corrected chi connectivity index (χ1v) is 9.30. The molecule has 0 spiro atoms. The molecule has 2 aromatic rings. The van der Waals surface area contributed by atoms with Crippen LogP contribution in [-0.2, 0) is 4.79 Å². The molecular formula is C22H25F2NO5. The highest BCUT2D eigenvalue weighted by Crippen LogP contribution is 2.31. The van der Waals surface area contributed by atoms with Gasteiger partial charge in [0.05, 0.1) is 26.9 Å². The number of halogens is 2. The molecule has 1 atom stereocenters. The zero-order valence-electron chi connectivity index (χ0n) is 17.3. The van der Waals surface area contributed by atoms with Gasteiger partial charge in [0.1, 0.15) is 11.5 Å². The van der Waals surface area contributed by atoms with Gasteiger partial charge in [0.2, 0.25) is 5.91 Å². The van der Waals surface area contributed by atoms with Crippen molar-refractivity contribution in [3.8, 4) is 23.0 Å². The van der Waals surface area contributed by atoms with Crippen LogP contribution in [0.3, 0.4) is 0 Å². The summed E-state index contributed by atoms with van der Waals surface area (Å²) < 4.78 is 45.3. The lowest BCUT2D eigenvalue weighted by atomic mass is 10.1. The second-order valence-electron chi connectivity index (χ2n) is 6.19. The Morgan fingerprint density at radius 1 is 1.07 bits per heavy atom. The van der Waals surface area contributed by atoms with E-state index in [1.807, 2.05) is 6.92 Å². The maximum atomic E-state index is 12.5. The third-order valence-electron chi connectivity index (χ3n) is 4.17. The van der Waals surface area contributed by atoms with Gasteiger partial charge in [-0.15, -0.1) is 0 Å². The minimum atomic E-state index is -2.95. The molecule has 6 nitrogen and oxygen atoms in total. The molecule has 2 aromatic carbocycles. The van der Waals surface area contributed by atoms with Crippen molar-refractivity contribution in [1.29, 1.82) is 0 Å². The van der Waals surface area contributed by atoms with Gasteiger partial charge in [-0.3, -0.25) is 4.79 Å². The van der Waals surface area contributed by atoms with Crippen LogP contribution in [0, 0.1) is 0 Å². The number of hydrogen-bond donors (Lipinski definition) is 1. The topological polar surface area (TPSA) is 66.0 Å². The first-order chi connectivity index (χ1) is 14.4. The number of nitrogens with one attached hydrogen (secondary N) is 1. The third-order valence-corrected chi connectivity index (χ3v) is 4.17. The summed E-state index contributed by atoms with van der Waals surface area (Å²) in [6.07, 6.45) is 2.90. The molecule has 0 aromatic heterocycles. The molecule has 1 N–H and O–H groups in total. The van der Waals surface area contributed by atoms with E-state index in [1.165, 1.54) is 18.2 Å². The van der Waals surface area contributed by atoms with Crippen molar-refractivity contribution in [2.24, 2.45) is 0 Å². The molecule has 0 saturated carbocycles. The number of amides is 1. The molecule has 1 amide bonds. The third kappa shape index (κ3) is 6.37. The van der Waals surface area contributed by atoms with E-state index in [2.05, 4.69) is 10.1 Å². The Bertz CT molecular complexity index is 886. The minimum Gasteiger partial charge on any atom is -0.497 e. The van der Waals surface area contributed by atoms with Crippen LogP contribution in [-0.4, -0.2) is 33.3 Å². The second kappa shape index (κ2) is 11.0. The zero-order valence-corrected chi connectivity index (χ0v) is 17.3. The van der Waals surface area contributed by atoms with E-state index >= 15 is 0 Å². The smallest absolute Gasteiger partial charge is 0.387 e. The maximum absolute atomic E-state index is 12.5. The van der Waals surface area contributed by atoms with E-state index in [0.717, 1.165) is 5.56 Å². The molecule has 2 rings (SSSR count). The summed E-state index contributed by atoms with van der Waals surface area (Å²) >= 11 is 0. The first-order valence-electron chi connectivity index (χ1n) is 9.30. The molecular weight excluding hydrogens is 396 g/mol. The van der Waals surface area contributed by atoms with E-state index in [-0.39, 0.29) is 30.1 Å². The van der Waals surface area contributed by atoms with Crippen LogP contribution in [0.1, 0.15) is 31.0 Å². The Kier molecular flexibility index (Phi) is 8.46. The highest BCUT2D eigenvalue weighted by atomic mass is 19.3. The van der Waals surface area contributed by atoms with Crippen molar-refractivity contribution in [1.82, 2.24) is 5.32 Å². The Labute approximate surface area is 174 Å². The molecule has 0 saturated heterocycles. The van der Waals surface area contributed by atoms with Gasteiger partial charge >= 0.3 is 6.61 Å². The van der Waals surface area contributed by atoms with E-state index in [9.17, 15) is 13.6 Å². The Morgan fingerprint density at radius 2 is 1.80 bits per heavy atom. The summed E-state index contributed by atoms with van der Waals surface area (Å²) in [6.45, 7) is 0.891. The quantitative estimate of drug-likeness (QED) is 0.568. The predicted molar refractivity (Wildman–Crippen MR) is 109 cm³/mol. The highest BCUT2D eigenvalue weighted by Gasteiger charge is 2.15. The Hall–Kier alpha value is -3.29. The highest BCUT2D eigenvalue weighted by molar-refractivity contribution is 5.92. The van der Waals surface area contributed by atoms with E-state index in [4.69, 9.17) is 14.2 Å². The van der Waals surface area contributed by atoms with Crippen molar-refractivity contribution in [2.75, 3.05) is 20.8 Å². The van der Waals surface area contributed by atoms with Gasteiger partial charge in [0.15, 0.2) is 11.5 Å². The van der Waals surface area contributed by atoms with Gasteiger partial charge in [-0.25, -0.2) is 0 Å². The standard InChI is InChI=1S/C22H25F2NO5/c1-5-29-20-12-15(6-9-19(20)30-22(23)24)7-11-21(26)25-14(2)17-13-16(27-3)8-10-18(17)28-4/h6-14,22H,5H2,1-4H3,(H,25,26)/b11-7+. The van der Waals surface area contributed by atoms with Gasteiger partial charge < -0.3 is 24.3 Å². The Morgan fingerprint density at radius 3 is 2.43 bits per heavy atom. The fraction of sp³-hybridized carbons (Fsp3) is 0.318. The van der Waals surface area contributed by atoms with Crippen molar-refractivity contribution >= 4 is 12.0 Å². The molecule has 0 aliphatic rings. The van der Waals surface area contributed by atoms with Crippen LogP contribution in [0.25, 0.3) is 6.08 Å². The van der Waals surface area contributed by atoms with Gasteiger partial charge in [-0.05, 0) is 55.8 Å². The lowest BCUT2D eigenvalue weighted by Gasteiger charge is -2.17. The van der Waals surface area contributed by atoms with Crippen molar-refractivity contribution in [3.05, 3.63) is 53.6 Å². The van der Waals surface area contributed by atoms with Crippen LogP contribution in [0.15, 0.2) is 42.5 Å². The fourth-order valence-corrected chi connectivity index (χ4v) is 2.78. The van der Waals surface area contributed by atoms with E-state index in [0.29, 0.717) is 17.1 Å².